The number of aliphatic hydroxyl groups excluding tert-OH is 1. The molecule has 1 rings (SSSR count). The molecule has 0 aromatic heterocycles. The van der Waals surface area contributed by atoms with Crippen LogP contribution in [0, 0.1) is 10.8 Å². The summed E-state index contributed by atoms with van der Waals surface area (Å²) in [5, 5.41) is 10.8. The fourth-order valence-corrected chi connectivity index (χ4v) is 2.81. The molecule has 2 heteroatoms. The maximum absolute atomic E-state index is 10.8. The molecular weight excluding hydrogens is 308 g/mol. The van der Waals surface area contributed by atoms with Gasteiger partial charge < -0.3 is 9.84 Å². The van der Waals surface area contributed by atoms with Gasteiger partial charge in [0.25, 0.3) is 0 Å². The Kier molecular flexibility index (Phi) is 10.4. The van der Waals surface area contributed by atoms with Gasteiger partial charge in [-0.3, -0.25) is 0 Å². The standard InChI is InChI=1S/C21H36O2.C2H6/c1-8-9-10-11-12-23-15-16-13-17(20(2,3)4)19(22)18(14-16)21(5,6)7;1-2/h13-15,19,22H,8-12H2,1-7H3;1-2H3. The van der Waals surface area contributed by atoms with Gasteiger partial charge in [-0.25, -0.2) is 0 Å². The maximum atomic E-state index is 10.8. The zero-order valence-corrected chi connectivity index (χ0v) is 18.2. The van der Waals surface area contributed by atoms with Crippen molar-refractivity contribution >= 4 is 0 Å². The molecular formula is C23H42O2. The van der Waals surface area contributed by atoms with Crippen molar-refractivity contribution in [1.29, 1.82) is 0 Å². The third kappa shape index (κ3) is 8.27. The predicted octanol–water partition coefficient (Wildman–Crippen LogP) is 6.81. The Bertz CT molecular complexity index is 433. The van der Waals surface area contributed by atoms with E-state index in [1.54, 1.807) is 0 Å². The minimum absolute atomic E-state index is 0.0651. The zero-order chi connectivity index (χ0) is 19.7. The third-order valence-corrected chi connectivity index (χ3v) is 4.30. The van der Waals surface area contributed by atoms with Crippen LogP contribution < -0.4 is 0 Å². The van der Waals surface area contributed by atoms with Crippen LogP contribution in [0.1, 0.15) is 88.0 Å². The molecule has 0 amide bonds. The molecule has 0 aliphatic heterocycles. The molecule has 1 aliphatic rings. The van der Waals surface area contributed by atoms with Gasteiger partial charge in [0.05, 0.1) is 19.0 Å². The van der Waals surface area contributed by atoms with Gasteiger partial charge >= 0.3 is 0 Å². The van der Waals surface area contributed by atoms with Crippen molar-refractivity contribution in [2.24, 2.45) is 10.8 Å². The largest absolute Gasteiger partial charge is 0.501 e. The molecule has 0 bridgehead atoms. The van der Waals surface area contributed by atoms with E-state index in [-0.39, 0.29) is 10.8 Å². The van der Waals surface area contributed by atoms with Crippen LogP contribution in [0.25, 0.3) is 0 Å². The third-order valence-electron chi connectivity index (χ3n) is 4.30. The lowest BCUT2D eigenvalue weighted by Gasteiger charge is -2.37. The van der Waals surface area contributed by atoms with Gasteiger partial charge in [-0.05, 0) is 40.5 Å². The van der Waals surface area contributed by atoms with Gasteiger partial charge in [0, 0.05) is 5.57 Å². The lowest BCUT2D eigenvalue weighted by atomic mass is 9.71. The molecule has 2 nitrogen and oxygen atoms in total. The Hall–Kier alpha value is -1.02. The number of unbranched alkanes of at least 4 members (excludes halogenated alkanes) is 3. The van der Waals surface area contributed by atoms with E-state index in [0.29, 0.717) is 0 Å². The summed E-state index contributed by atoms with van der Waals surface area (Å²) < 4.78 is 5.74. The van der Waals surface area contributed by atoms with Crippen LogP contribution in [-0.4, -0.2) is 17.8 Å². The molecule has 0 unspecified atom stereocenters. The van der Waals surface area contributed by atoms with Crippen molar-refractivity contribution < 1.29 is 9.84 Å². The van der Waals surface area contributed by atoms with Crippen LogP contribution in [0.2, 0.25) is 0 Å². The van der Waals surface area contributed by atoms with E-state index in [9.17, 15) is 5.11 Å². The summed E-state index contributed by atoms with van der Waals surface area (Å²) in [6.07, 6.45) is 10.4. The van der Waals surface area contributed by atoms with E-state index in [2.05, 4.69) is 60.6 Å². The molecule has 1 N–H and O–H groups in total. The molecule has 0 saturated carbocycles. The first-order valence-electron chi connectivity index (χ1n) is 10.0. The Morgan fingerprint density at radius 3 is 1.80 bits per heavy atom. The van der Waals surface area contributed by atoms with Gasteiger partial charge in [-0.15, -0.1) is 0 Å². The topological polar surface area (TPSA) is 29.5 Å². The normalized spacial score (nSPS) is 18.0. The fraction of sp³-hybridized carbons (Fsp3) is 0.739. The summed E-state index contributed by atoms with van der Waals surface area (Å²) in [6, 6.07) is 0. The molecule has 0 aromatic carbocycles. The van der Waals surface area contributed by atoms with Crippen LogP contribution >= 0.6 is 0 Å². The average molecular weight is 351 g/mol. The van der Waals surface area contributed by atoms with Crippen LogP contribution in [-0.2, 0) is 4.74 Å². The highest BCUT2D eigenvalue weighted by molar-refractivity contribution is 5.48. The smallest absolute Gasteiger partial charge is 0.0977 e. The summed E-state index contributed by atoms with van der Waals surface area (Å²) >= 11 is 0. The van der Waals surface area contributed by atoms with E-state index in [0.717, 1.165) is 29.7 Å². The molecule has 0 heterocycles. The van der Waals surface area contributed by atoms with Gasteiger partial charge in [-0.1, -0.05) is 81.6 Å². The van der Waals surface area contributed by atoms with E-state index in [1.807, 2.05) is 20.1 Å². The van der Waals surface area contributed by atoms with Gasteiger partial charge in [0.1, 0.15) is 0 Å². The molecule has 25 heavy (non-hydrogen) atoms. The van der Waals surface area contributed by atoms with E-state index >= 15 is 0 Å². The minimum Gasteiger partial charge on any atom is -0.501 e. The molecule has 0 aromatic rings. The molecule has 0 radical (unpaired) electrons. The second-order valence-electron chi connectivity index (χ2n) is 8.65. The van der Waals surface area contributed by atoms with E-state index in [1.165, 1.54) is 19.3 Å². The van der Waals surface area contributed by atoms with Gasteiger partial charge in [-0.2, -0.15) is 0 Å². The number of hydrogen-bond donors (Lipinski definition) is 1. The first-order chi connectivity index (χ1) is 11.6. The average Bonchev–Trinajstić information content (AvgIpc) is 2.51. The number of ether oxygens (including phenoxy) is 1. The molecule has 0 spiro atoms. The van der Waals surface area contributed by atoms with Crippen LogP contribution in [0.3, 0.4) is 0 Å². The van der Waals surface area contributed by atoms with Crippen molar-refractivity contribution in [3.8, 4) is 0 Å². The summed E-state index contributed by atoms with van der Waals surface area (Å²) in [5.41, 5.74) is 3.05. The predicted molar refractivity (Wildman–Crippen MR) is 111 cm³/mol. The van der Waals surface area contributed by atoms with E-state index in [4.69, 9.17) is 4.74 Å². The number of allylic oxidation sites excluding steroid dienone is 3. The highest BCUT2D eigenvalue weighted by atomic mass is 16.5. The second kappa shape index (κ2) is 10.9. The lowest BCUT2D eigenvalue weighted by molar-refractivity contribution is 0.191. The maximum Gasteiger partial charge on any atom is 0.0977 e. The van der Waals surface area contributed by atoms with E-state index < -0.39 is 6.10 Å². The SMILES string of the molecule is CC.CCCCCCOC=C1C=C(C(C)(C)C)C(O)C(C(C)(C)C)=C1. The highest BCUT2D eigenvalue weighted by Crippen LogP contribution is 2.41. The molecule has 1 aliphatic carbocycles. The Balaban J connectivity index is 0.00000277. The lowest BCUT2D eigenvalue weighted by Crippen LogP contribution is -2.31. The van der Waals surface area contributed by atoms with Crippen molar-refractivity contribution in [2.45, 2.75) is 94.1 Å². The Morgan fingerprint density at radius 2 is 1.40 bits per heavy atom. The summed E-state index contributed by atoms with van der Waals surface area (Å²) in [7, 11) is 0. The van der Waals surface area contributed by atoms with Crippen molar-refractivity contribution in [3.63, 3.8) is 0 Å². The quantitative estimate of drug-likeness (QED) is 0.421. The first-order valence-corrected chi connectivity index (χ1v) is 10.0. The fourth-order valence-electron chi connectivity index (χ4n) is 2.81. The van der Waals surface area contributed by atoms with Crippen LogP contribution in [0.4, 0.5) is 0 Å². The molecule has 0 atom stereocenters. The Morgan fingerprint density at radius 1 is 0.920 bits per heavy atom. The zero-order valence-electron chi connectivity index (χ0n) is 18.2. The van der Waals surface area contributed by atoms with Crippen LogP contribution in [0.15, 0.2) is 35.1 Å². The van der Waals surface area contributed by atoms with Gasteiger partial charge in [0.2, 0.25) is 0 Å². The second-order valence-corrected chi connectivity index (χ2v) is 8.65. The summed E-state index contributed by atoms with van der Waals surface area (Å²) in [6.45, 7) is 19.9. The summed E-state index contributed by atoms with van der Waals surface area (Å²) in [4.78, 5) is 0. The number of rotatable bonds is 6. The van der Waals surface area contributed by atoms with Crippen molar-refractivity contribution in [2.75, 3.05) is 6.61 Å². The Labute approximate surface area is 157 Å². The number of aliphatic hydroxyl groups is 1. The monoisotopic (exact) mass is 350 g/mol. The molecule has 0 fully saturated rings. The van der Waals surface area contributed by atoms with Crippen LogP contribution in [0.5, 0.6) is 0 Å². The highest BCUT2D eigenvalue weighted by Gasteiger charge is 2.34. The first kappa shape index (κ1) is 24.0. The van der Waals surface area contributed by atoms with Crippen molar-refractivity contribution in [1.82, 2.24) is 0 Å². The number of hydrogen-bond acceptors (Lipinski definition) is 2. The summed E-state index contributed by atoms with van der Waals surface area (Å²) in [5.74, 6) is 0. The molecule has 146 valence electrons. The van der Waals surface area contributed by atoms with Crippen molar-refractivity contribution in [3.05, 3.63) is 35.1 Å². The van der Waals surface area contributed by atoms with Gasteiger partial charge in [0.15, 0.2) is 0 Å². The minimum atomic E-state index is -0.503. The molecule has 0 saturated heterocycles.